The summed E-state index contributed by atoms with van der Waals surface area (Å²) in [4.78, 5) is 12.8. The van der Waals surface area contributed by atoms with Crippen molar-refractivity contribution in [3.05, 3.63) is 29.8 Å². The highest BCUT2D eigenvalue weighted by molar-refractivity contribution is 7.89. The number of carbonyl (C=O) groups excluding carboxylic acids is 1. The van der Waals surface area contributed by atoms with Crippen molar-refractivity contribution in [2.24, 2.45) is 11.8 Å². The Bertz CT molecular complexity index is 681. The monoisotopic (exact) mass is 335 g/mol. The third kappa shape index (κ3) is 2.96. The van der Waals surface area contributed by atoms with Gasteiger partial charge < -0.3 is 0 Å². The molecule has 1 aromatic rings. The zero-order chi connectivity index (χ0) is 16.6. The van der Waals surface area contributed by atoms with Gasteiger partial charge in [0.25, 0.3) is 0 Å². The van der Waals surface area contributed by atoms with E-state index in [-0.39, 0.29) is 22.5 Å². The zero-order valence-electron chi connectivity index (χ0n) is 13.9. The number of rotatable bonds is 3. The molecule has 5 heteroatoms. The summed E-state index contributed by atoms with van der Waals surface area (Å²) >= 11 is 0. The number of sulfonamides is 1. The van der Waals surface area contributed by atoms with Crippen molar-refractivity contribution in [2.45, 2.75) is 56.4 Å². The minimum Gasteiger partial charge on any atom is -0.298 e. The summed E-state index contributed by atoms with van der Waals surface area (Å²) in [5, 5.41) is 0. The van der Waals surface area contributed by atoms with E-state index in [1.165, 1.54) is 17.1 Å². The van der Waals surface area contributed by atoms with E-state index in [2.05, 4.69) is 0 Å². The molecule has 0 aromatic heterocycles. The molecule has 0 spiro atoms. The van der Waals surface area contributed by atoms with E-state index in [1.807, 2.05) is 6.92 Å². The predicted molar refractivity (Wildman–Crippen MR) is 89.6 cm³/mol. The molecule has 2 aliphatic rings. The molecule has 0 amide bonds. The van der Waals surface area contributed by atoms with Gasteiger partial charge in [-0.05, 0) is 37.8 Å². The third-order valence-corrected chi connectivity index (χ3v) is 7.32. The van der Waals surface area contributed by atoms with E-state index in [1.54, 1.807) is 31.3 Å². The van der Waals surface area contributed by atoms with Crippen LogP contribution < -0.4 is 0 Å². The van der Waals surface area contributed by atoms with Crippen LogP contribution in [0, 0.1) is 18.8 Å². The van der Waals surface area contributed by atoms with Gasteiger partial charge in [0.2, 0.25) is 10.0 Å². The van der Waals surface area contributed by atoms with E-state index in [4.69, 9.17) is 0 Å². The Balaban J connectivity index is 1.83. The Morgan fingerprint density at radius 3 is 2.26 bits per heavy atom. The molecule has 3 rings (SSSR count). The lowest BCUT2D eigenvalue weighted by Crippen LogP contribution is -2.61. The molecule has 2 saturated carbocycles. The second-order valence-electron chi connectivity index (χ2n) is 6.94. The van der Waals surface area contributed by atoms with Gasteiger partial charge in [-0.25, -0.2) is 8.42 Å². The van der Waals surface area contributed by atoms with Crippen molar-refractivity contribution < 1.29 is 13.2 Å². The standard InChI is InChI=1S/C18H25NO3S/c1-13-9-11-14(12-10-13)23(21,22)19(2)17-15-7-5-3-4-6-8-16(15)18(17)20/h9-12,15-17H,3-8H2,1-2H3/t15-,16-,17+/m1/s1. The highest BCUT2D eigenvalue weighted by atomic mass is 32.2. The van der Waals surface area contributed by atoms with Crippen LogP contribution in [0.25, 0.3) is 0 Å². The van der Waals surface area contributed by atoms with E-state index in [9.17, 15) is 13.2 Å². The van der Waals surface area contributed by atoms with E-state index in [0.29, 0.717) is 0 Å². The second kappa shape index (κ2) is 6.36. The van der Waals surface area contributed by atoms with Crippen LogP contribution >= 0.6 is 0 Å². The van der Waals surface area contributed by atoms with Crippen LogP contribution in [0.15, 0.2) is 29.2 Å². The molecule has 2 fully saturated rings. The summed E-state index contributed by atoms with van der Waals surface area (Å²) in [7, 11) is -2.05. The molecule has 4 nitrogen and oxygen atoms in total. The van der Waals surface area contributed by atoms with Crippen molar-refractivity contribution >= 4 is 15.8 Å². The fourth-order valence-electron chi connectivity index (χ4n) is 4.03. The molecule has 0 aliphatic heterocycles. The molecule has 23 heavy (non-hydrogen) atoms. The molecule has 0 bridgehead atoms. The molecular formula is C18H25NO3S. The second-order valence-corrected chi connectivity index (χ2v) is 8.94. The van der Waals surface area contributed by atoms with Crippen LogP contribution in [-0.4, -0.2) is 31.6 Å². The molecule has 3 atom stereocenters. The number of likely N-dealkylation sites (N-methyl/N-ethyl adjacent to an activating group) is 1. The first-order chi connectivity index (χ1) is 10.9. The summed E-state index contributed by atoms with van der Waals surface area (Å²) in [5.74, 6) is 0.402. The Morgan fingerprint density at radius 1 is 1.00 bits per heavy atom. The van der Waals surface area contributed by atoms with Gasteiger partial charge >= 0.3 is 0 Å². The zero-order valence-corrected chi connectivity index (χ0v) is 14.7. The van der Waals surface area contributed by atoms with E-state index in [0.717, 1.165) is 31.2 Å². The number of hydrogen-bond donors (Lipinski definition) is 0. The maximum absolute atomic E-state index is 12.8. The van der Waals surface area contributed by atoms with Crippen LogP contribution in [0.4, 0.5) is 0 Å². The first-order valence-electron chi connectivity index (χ1n) is 8.51. The quantitative estimate of drug-likeness (QED) is 0.852. The molecule has 1 aromatic carbocycles. The van der Waals surface area contributed by atoms with Gasteiger partial charge in [-0.15, -0.1) is 0 Å². The molecule has 2 aliphatic carbocycles. The number of Topliss-reactive ketones (excluding diaryl/α,β-unsaturated/α-hetero) is 1. The van der Waals surface area contributed by atoms with Crippen molar-refractivity contribution in [3.8, 4) is 0 Å². The van der Waals surface area contributed by atoms with Gasteiger partial charge in [-0.1, -0.05) is 43.4 Å². The fourth-order valence-corrected chi connectivity index (χ4v) is 5.40. The lowest BCUT2D eigenvalue weighted by Gasteiger charge is -2.47. The number of aryl methyl sites for hydroxylation is 1. The van der Waals surface area contributed by atoms with Gasteiger partial charge in [-0.3, -0.25) is 4.79 Å². The van der Waals surface area contributed by atoms with Crippen LogP contribution in [0.5, 0.6) is 0 Å². The molecular weight excluding hydrogens is 310 g/mol. The van der Waals surface area contributed by atoms with Crippen LogP contribution in [0.2, 0.25) is 0 Å². The van der Waals surface area contributed by atoms with Gasteiger partial charge in [0.15, 0.2) is 5.78 Å². The van der Waals surface area contributed by atoms with E-state index >= 15 is 0 Å². The first kappa shape index (κ1) is 16.7. The number of benzene rings is 1. The SMILES string of the molecule is Cc1ccc(S(=O)(=O)N(C)[C@@H]2C(=O)[C@@H]3CCCCCC[C@@H]23)cc1. The number of hydrogen-bond acceptors (Lipinski definition) is 3. The molecule has 126 valence electrons. The third-order valence-electron chi connectivity index (χ3n) is 5.47. The number of nitrogens with zero attached hydrogens (tertiary/aromatic N) is 1. The van der Waals surface area contributed by atoms with Gasteiger partial charge in [0, 0.05) is 13.0 Å². The first-order valence-corrected chi connectivity index (χ1v) is 9.95. The van der Waals surface area contributed by atoms with Crippen LogP contribution in [0.1, 0.15) is 44.1 Å². The van der Waals surface area contributed by atoms with E-state index < -0.39 is 16.1 Å². The molecule has 0 N–H and O–H groups in total. The normalized spacial score (nSPS) is 28.7. The summed E-state index contributed by atoms with van der Waals surface area (Å²) in [6.07, 6.45) is 6.47. The van der Waals surface area contributed by atoms with Gasteiger partial charge in [0.05, 0.1) is 10.9 Å². The van der Waals surface area contributed by atoms with Crippen molar-refractivity contribution in [1.82, 2.24) is 4.31 Å². The molecule has 0 radical (unpaired) electrons. The lowest BCUT2D eigenvalue weighted by atomic mass is 9.63. The Labute approximate surface area is 138 Å². The molecule has 0 heterocycles. The summed E-state index contributed by atoms with van der Waals surface area (Å²) in [6.45, 7) is 1.93. The smallest absolute Gasteiger partial charge is 0.243 e. The molecule has 0 saturated heterocycles. The minimum atomic E-state index is -3.61. The Kier molecular flexibility index (Phi) is 4.61. The Morgan fingerprint density at radius 2 is 1.61 bits per heavy atom. The summed E-state index contributed by atoms with van der Waals surface area (Å²) < 4.78 is 27.0. The average Bonchev–Trinajstić information content (AvgIpc) is 2.50. The number of fused-ring (bicyclic) bond motifs is 1. The largest absolute Gasteiger partial charge is 0.298 e. The average molecular weight is 335 g/mol. The topological polar surface area (TPSA) is 54.5 Å². The maximum atomic E-state index is 12.8. The Hall–Kier alpha value is -1.20. The maximum Gasteiger partial charge on any atom is 0.243 e. The lowest BCUT2D eigenvalue weighted by molar-refractivity contribution is -0.143. The van der Waals surface area contributed by atoms with Crippen LogP contribution in [0.3, 0.4) is 0 Å². The highest BCUT2D eigenvalue weighted by Crippen LogP contribution is 2.43. The van der Waals surface area contributed by atoms with Crippen molar-refractivity contribution in [1.29, 1.82) is 0 Å². The van der Waals surface area contributed by atoms with Gasteiger partial charge in [-0.2, -0.15) is 4.31 Å². The minimum absolute atomic E-state index is 0.0796. The van der Waals surface area contributed by atoms with Crippen molar-refractivity contribution in [3.63, 3.8) is 0 Å². The summed E-state index contributed by atoms with van der Waals surface area (Å²) in [6, 6.07) is 6.37. The van der Waals surface area contributed by atoms with Crippen LogP contribution in [-0.2, 0) is 14.8 Å². The number of carbonyl (C=O) groups is 1. The van der Waals surface area contributed by atoms with Gasteiger partial charge in [0.1, 0.15) is 0 Å². The highest BCUT2D eigenvalue weighted by Gasteiger charge is 2.53. The number of ketones is 1. The fraction of sp³-hybridized carbons (Fsp3) is 0.611. The summed E-state index contributed by atoms with van der Waals surface area (Å²) in [5.41, 5.74) is 1.02. The predicted octanol–water partition coefficient (Wildman–Crippen LogP) is 3.15. The molecule has 0 unspecified atom stereocenters. The van der Waals surface area contributed by atoms with Crippen molar-refractivity contribution in [2.75, 3.05) is 7.05 Å².